The minimum Gasteiger partial charge on any atom is -0.350 e. The summed E-state index contributed by atoms with van der Waals surface area (Å²) in [7, 11) is 0. The maximum atomic E-state index is 12.1. The molecule has 2 aromatic rings. The first-order valence-corrected chi connectivity index (χ1v) is 7.29. The van der Waals surface area contributed by atoms with Gasteiger partial charge in [-0.05, 0) is 39.7 Å². The predicted molar refractivity (Wildman–Crippen MR) is 84.9 cm³/mol. The Balaban J connectivity index is 1.99. The number of nitrogens with one attached hydrogen (secondary N) is 1. The highest BCUT2D eigenvalue weighted by atomic mass is 79.9. The normalized spacial score (nSPS) is 11.9. The third-order valence-electron chi connectivity index (χ3n) is 2.89. The van der Waals surface area contributed by atoms with Crippen LogP contribution in [0.15, 0.2) is 53.0 Å². The summed E-state index contributed by atoms with van der Waals surface area (Å²) in [5, 5.41) is 3.40. The molecule has 1 unspecified atom stereocenters. The number of carbonyl (C=O) groups excluding carboxylic acids is 1. The molecule has 0 saturated heterocycles. The lowest BCUT2D eigenvalue weighted by Crippen LogP contribution is -2.32. The first-order valence-electron chi connectivity index (χ1n) is 6.11. The molecular weight excluding hydrogens is 340 g/mol. The topological polar surface area (TPSA) is 55.1 Å². The molecule has 2 aromatic carbocycles. The molecule has 0 aliphatic rings. The monoisotopic (exact) mass is 352 g/mol. The Bertz CT molecular complexity index is 604. The van der Waals surface area contributed by atoms with Crippen molar-refractivity contribution in [2.24, 2.45) is 5.73 Å². The van der Waals surface area contributed by atoms with Crippen molar-refractivity contribution in [1.82, 2.24) is 5.32 Å². The molecule has 0 aliphatic carbocycles. The van der Waals surface area contributed by atoms with Gasteiger partial charge in [0.25, 0.3) is 5.91 Å². The van der Waals surface area contributed by atoms with E-state index >= 15 is 0 Å². The predicted octanol–water partition coefficient (Wildman–Crippen LogP) is 3.53. The van der Waals surface area contributed by atoms with Gasteiger partial charge in [0.1, 0.15) is 0 Å². The van der Waals surface area contributed by atoms with E-state index in [1.54, 1.807) is 18.2 Å². The Morgan fingerprint density at radius 1 is 1.25 bits per heavy atom. The molecular formula is C15H14BrClN2O. The van der Waals surface area contributed by atoms with Crippen molar-refractivity contribution in [3.05, 3.63) is 69.2 Å². The smallest absolute Gasteiger partial charge is 0.252 e. The standard InChI is InChI=1S/C15H14BrClN2O/c16-13-8-11(17)6-7-12(13)15(20)19-9-14(18)10-4-2-1-3-5-10/h1-8,14H,9,18H2,(H,19,20). The quantitative estimate of drug-likeness (QED) is 0.883. The van der Waals surface area contributed by atoms with Gasteiger partial charge in [-0.15, -0.1) is 0 Å². The largest absolute Gasteiger partial charge is 0.350 e. The third kappa shape index (κ3) is 3.82. The van der Waals surface area contributed by atoms with Gasteiger partial charge >= 0.3 is 0 Å². The molecule has 0 fully saturated rings. The summed E-state index contributed by atoms with van der Waals surface area (Å²) in [6, 6.07) is 14.5. The second kappa shape index (κ2) is 6.88. The van der Waals surface area contributed by atoms with E-state index in [-0.39, 0.29) is 11.9 Å². The Labute approximate surface area is 131 Å². The van der Waals surface area contributed by atoms with Gasteiger partial charge < -0.3 is 11.1 Å². The van der Waals surface area contributed by atoms with Crippen molar-refractivity contribution >= 4 is 33.4 Å². The second-order valence-electron chi connectivity index (χ2n) is 4.35. The van der Waals surface area contributed by atoms with E-state index in [1.807, 2.05) is 30.3 Å². The summed E-state index contributed by atoms with van der Waals surface area (Å²) in [6.07, 6.45) is 0. The summed E-state index contributed by atoms with van der Waals surface area (Å²) in [5.74, 6) is -0.181. The molecule has 0 aromatic heterocycles. The fourth-order valence-corrected chi connectivity index (χ4v) is 2.65. The van der Waals surface area contributed by atoms with Gasteiger partial charge in [-0.25, -0.2) is 0 Å². The molecule has 0 spiro atoms. The van der Waals surface area contributed by atoms with E-state index in [4.69, 9.17) is 17.3 Å². The van der Waals surface area contributed by atoms with Gasteiger partial charge in [-0.2, -0.15) is 0 Å². The number of benzene rings is 2. The van der Waals surface area contributed by atoms with Crippen LogP contribution in [0, 0.1) is 0 Å². The van der Waals surface area contributed by atoms with Gasteiger partial charge in [-0.1, -0.05) is 41.9 Å². The number of nitrogens with two attached hydrogens (primary N) is 1. The molecule has 3 N–H and O–H groups in total. The molecule has 0 bridgehead atoms. The summed E-state index contributed by atoms with van der Waals surface area (Å²) in [5.41, 5.74) is 7.56. The number of hydrogen-bond donors (Lipinski definition) is 2. The van der Waals surface area contributed by atoms with Crippen molar-refractivity contribution in [3.8, 4) is 0 Å². The molecule has 3 nitrogen and oxygen atoms in total. The van der Waals surface area contributed by atoms with E-state index in [2.05, 4.69) is 21.2 Å². The number of amides is 1. The van der Waals surface area contributed by atoms with Crippen molar-refractivity contribution < 1.29 is 4.79 Å². The van der Waals surface area contributed by atoms with Crippen LogP contribution in [-0.4, -0.2) is 12.5 Å². The fraction of sp³-hybridized carbons (Fsp3) is 0.133. The fourth-order valence-electron chi connectivity index (χ4n) is 1.79. The van der Waals surface area contributed by atoms with Crippen LogP contribution in [0.4, 0.5) is 0 Å². The summed E-state index contributed by atoms with van der Waals surface area (Å²) >= 11 is 9.17. The molecule has 0 aliphatic heterocycles. The Hall–Kier alpha value is -1.36. The van der Waals surface area contributed by atoms with Crippen LogP contribution >= 0.6 is 27.5 Å². The maximum absolute atomic E-state index is 12.1. The molecule has 1 atom stereocenters. The van der Waals surface area contributed by atoms with Crippen LogP contribution in [0.25, 0.3) is 0 Å². The number of hydrogen-bond acceptors (Lipinski definition) is 2. The zero-order valence-electron chi connectivity index (χ0n) is 10.6. The van der Waals surface area contributed by atoms with E-state index in [9.17, 15) is 4.79 Å². The Morgan fingerprint density at radius 3 is 2.60 bits per heavy atom. The van der Waals surface area contributed by atoms with Crippen molar-refractivity contribution in [2.45, 2.75) is 6.04 Å². The van der Waals surface area contributed by atoms with Crippen molar-refractivity contribution in [2.75, 3.05) is 6.54 Å². The highest BCUT2D eigenvalue weighted by molar-refractivity contribution is 9.10. The average molecular weight is 354 g/mol. The highest BCUT2D eigenvalue weighted by Crippen LogP contribution is 2.21. The zero-order valence-corrected chi connectivity index (χ0v) is 13.0. The minimum absolute atomic E-state index is 0.181. The first kappa shape index (κ1) is 15.0. The first-order chi connectivity index (χ1) is 9.58. The molecule has 0 heterocycles. The van der Waals surface area contributed by atoms with Crippen molar-refractivity contribution in [1.29, 1.82) is 0 Å². The maximum Gasteiger partial charge on any atom is 0.252 e. The van der Waals surface area contributed by atoms with Gasteiger partial charge in [-0.3, -0.25) is 4.79 Å². The third-order valence-corrected chi connectivity index (χ3v) is 3.78. The molecule has 2 rings (SSSR count). The molecule has 5 heteroatoms. The van der Waals surface area contributed by atoms with Crippen LogP contribution in [0.3, 0.4) is 0 Å². The molecule has 104 valence electrons. The molecule has 20 heavy (non-hydrogen) atoms. The lowest BCUT2D eigenvalue weighted by molar-refractivity contribution is 0.0950. The van der Waals surface area contributed by atoms with Gasteiger partial charge in [0.15, 0.2) is 0 Å². The molecule has 1 amide bonds. The molecule has 0 saturated carbocycles. The van der Waals surface area contributed by atoms with Crippen LogP contribution in [0.2, 0.25) is 5.02 Å². The Morgan fingerprint density at radius 2 is 1.95 bits per heavy atom. The van der Waals surface area contributed by atoms with E-state index < -0.39 is 0 Å². The van der Waals surface area contributed by atoms with Crippen molar-refractivity contribution in [3.63, 3.8) is 0 Å². The van der Waals surface area contributed by atoms with E-state index in [0.717, 1.165) is 5.56 Å². The van der Waals surface area contributed by atoms with E-state index in [0.29, 0.717) is 21.6 Å². The zero-order chi connectivity index (χ0) is 14.5. The molecule has 0 radical (unpaired) electrons. The van der Waals surface area contributed by atoms with Gasteiger partial charge in [0.05, 0.1) is 5.56 Å². The van der Waals surface area contributed by atoms with Crippen LogP contribution in [0.1, 0.15) is 22.0 Å². The number of carbonyl (C=O) groups is 1. The lowest BCUT2D eigenvalue weighted by Gasteiger charge is -2.13. The van der Waals surface area contributed by atoms with Crippen LogP contribution < -0.4 is 11.1 Å². The second-order valence-corrected chi connectivity index (χ2v) is 5.64. The average Bonchev–Trinajstić information content (AvgIpc) is 2.45. The summed E-state index contributed by atoms with van der Waals surface area (Å²) in [6.45, 7) is 0.373. The summed E-state index contributed by atoms with van der Waals surface area (Å²) in [4.78, 5) is 12.1. The van der Waals surface area contributed by atoms with Crippen LogP contribution in [-0.2, 0) is 0 Å². The van der Waals surface area contributed by atoms with Crippen LogP contribution in [0.5, 0.6) is 0 Å². The van der Waals surface area contributed by atoms with E-state index in [1.165, 1.54) is 0 Å². The number of rotatable bonds is 4. The summed E-state index contributed by atoms with van der Waals surface area (Å²) < 4.78 is 0.663. The number of halogens is 2. The lowest BCUT2D eigenvalue weighted by atomic mass is 10.1. The Kier molecular flexibility index (Phi) is 5.17. The SMILES string of the molecule is NC(CNC(=O)c1ccc(Cl)cc1Br)c1ccccc1. The highest BCUT2D eigenvalue weighted by Gasteiger charge is 2.12. The van der Waals surface area contributed by atoms with Gasteiger partial charge in [0, 0.05) is 22.1 Å². The van der Waals surface area contributed by atoms with Gasteiger partial charge in [0.2, 0.25) is 0 Å². The minimum atomic E-state index is -0.230.